The van der Waals surface area contributed by atoms with Crippen LogP contribution in [0.1, 0.15) is 37.8 Å². The van der Waals surface area contributed by atoms with Gasteiger partial charge in [-0.2, -0.15) is 17.4 Å². The van der Waals surface area contributed by atoms with Crippen molar-refractivity contribution in [2.45, 2.75) is 43.2 Å². The van der Waals surface area contributed by atoms with Crippen molar-refractivity contribution in [1.82, 2.24) is 9.03 Å². The zero-order valence-electron chi connectivity index (χ0n) is 13.9. The molecule has 1 aromatic rings. The lowest BCUT2D eigenvalue weighted by molar-refractivity contribution is -0.146. The topological polar surface area (TPSA) is 75.7 Å². The SMILES string of the molecule is CCOC(=O)[C@H]1CCCN1S(=O)(=O)N[C@@H]1CCSc2ccc(F)cc21. The number of rotatable bonds is 5. The maximum absolute atomic E-state index is 13.6. The minimum atomic E-state index is -3.88. The standard InChI is InChI=1S/C16H21FN2O4S2/c1-2-23-16(20)14-4-3-8-19(14)25(21,22)18-13-7-9-24-15-6-5-11(17)10-12(13)15/h5-6,10,13-14,18H,2-4,7-9H2,1H3/t13-,14-/m1/s1. The van der Waals surface area contributed by atoms with Crippen LogP contribution < -0.4 is 4.72 Å². The molecule has 2 aliphatic rings. The fourth-order valence-corrected chi connectivity index (χ4v) is 5.98. The molecule has 25 heavy (non-hydrogen) atoms. The fourth-order valence-electron chi connectivity index (χ4n) is 3.24. The highest BCUT2D eigenvalue weighted by atomic mass is 32.2. The molecule has 1 fully saturated rings. The summed E-state index contributed by atoms with van der Waals surface area (Å²) in [6.45, 7) is 2.18. The fraction of sp³-hybridized carbons (Fsp3) is 0.562. The molecule has 0 aromatic heterocycles. The lowest BCUT2D eigenvalue weighted by Gasteiger charge is -2.29. The number of nitrogens with zero attached hydrogens (tertiary/aromatic N) is 1. The molecule has 1 aromatic carbocycles. The second kappa shape index (κ2) is 7.61. The van der Waals surface area contributed by atoms with Gasteiger partial charge in [0.2, 0.25) is 0 Å². The van der Waals surface area contributed by atoms with Crippen LogP contribution in [0.3, 0.4) is 0 Å². The van der Waals surface area contributed by atoms with E-state index >= 15 is 0 Å². The largest absolute Gasteiger partial charge is 0.465 e. The maximum Gasteiger partial charge on any atom is 0.324 e. The molecular weight excluding hydrogens is 367 g/mol. The molecule has 2 atom stereocenters. The molecule has 0 radical (unpaired) electrons. The average molecular weight is 388 g/mol. The van der Waals surface area contributed by atoms with Gasteiger partial charge in [0, 0.05) is 17.5 Å². The number of thioether (sulfide) groups is 1. The Morgan fingerprint density at radius 2 is 2.24 bits per heavy atom. The molecule has 0 aliphatic carbocycles. The summed E-state index contributed by atoms with van der Waals surface area (Å²) in [5, 5.41) is 0. The van der Waals surface area contributed by atoms with E-state index in [0.717, 1.165) is 10.6 Å². The van der Waals surface area contributed by atoms with Crippen LogP contribution in [0.4, 0.5) is 4.39 Å². The quantitative estimate of drug-likeness (QED) is 0.783. The molecule has 1 saturated heterocycles. The molecule has 9 heteroatoms. The summed E-state index contributed by atoms with van der Waals surface area (Å²) in [6.07, 6.45) is 1.62. The highest BCUT2D eigenvalue weighted by Gasteiger charge is 2.41. The zero-order valence-corrected chi connectivity index (χ0v) is 15.5. The number of hydrogen-bond donors (Lipinski definition) is 1. The molecule has 0 amide bonds. The van der Waals surface area contributed by atoms with Crippen LogP contribution >= 0.6 is 11.8 Å². The highest BCUT2D eigenvalue weighted by molar-refractivity contribution is 7.99. The molecule has 6 nitrogen and oxygen atoms in total. The first-order chi connectivity index (χ1) is 11.9. The van der Waals surface area contributed by atoms with E-state index in [-0.39, 0.29) is 13.2 Å². The van der Waals surface area contributed by atoms with Crippen LogP contribution in [0.25, 0.3) is 0 Å². The molecule has 2 heterocycles. The normalized spacial score (nSPS) is 24.1. The van der Waals surface area contributed by atoms with E-state index in [1.54, 1.807) is 24.8 Å². The Balaban J connectivity index is 1.81. The van der Waals surface area contributed by atoms with Crippen LogP contribution in [0, 0.1) is 5.82 Å². The lowest BCUT2D eigenvalue weighted by atomic mass is 10.0. The smallest absolute Gasteiger partial charge is 0.324 e. The molecule has 0 unspecified atom stereocenters. The second-order valence-electron chi connectivity index (χ2n) is 6.02. The first-order valence-corrected chi connectivity index (χ1v) is 10.7. The van der Waals surface area contributed by atoms with Gasteiger partial charge in [0.25, 0.3) is 10.2 Å². The van der Waals surface area contributed by atoms with E-state index in [0.29, 0.717) is 24.8 Å². The van der Waals surface area contributed by atoms with Gasteiger partial charge in [0.1, 0.15) is 11.9 Å². The Kier molecular flexibility index (Phi) is 5.67. The molecule has 0 saturated carbocycles. The van der Waals surface area contributed by atoms with Crippen molar-refractivity contribution in [3.63, 3.8) is 0 Å². The lowest BCUT2D eigenvalue weighted by Crippen LogP contribution is -2.48. The summed E-state index contributed by atoms with van der Waals surface area (Å²) in [4.78, 5) is 12.9. The predicted molar refractivity (Wildman–Crippen MR) is 92.9 cm³/mol. The van der Waals surface area contributed by atoms with Crippen molar-refractivity contribution >= 4 is 27.9 Å². The van der Waals surface area contributed by atoms with Crippen molar-refractivity contribution in [3.8, 4) is 0 Å². The van der Waals surface area contributed by atoms with Crippen molar-refractivity contribution in [1.29, 1.82) is 0 Å². The predicted octanol–water partition coefficient (Wildman–Crippen LogP) is 2.22. The second-order valence-corrected chi connectivity index (χ2v) is 8.81. The van der Waals surface area contributed by atoms with E-state index in [4.69, 9.17) is 4.74 Å². The van der Waals surface area contributed by atoms with E-state index < -0.39 is 34.1 Å². The summed E-state index contributed by atoms with van der Waals surface area (Å²) >= 11 is 1.58. The van der Waals surface area contributed by atoms with Crippen molar-refractivity contribution in [2.24, 2.45) is 0 Å². The monoisotopic (exact) mass is 388 g/mol. The molecule has 1 N–H and O–H groups in total. The van der Waals surface area contributed by atoms with Crippen LogP contribution in [0.15, 0.2) is 23.1 Å². The van der Waals surface area contributed by atoms with Gasteiger partial charge in [-0.15, -0.1) is 11.8 Å². The van der Waals surface area contributed by atoms with Crippen molar-refractivity contribution < 1.29 is 22.3 Å². The van der Waals surface area contributed by atoms with Crippen LogP contribution in [0.2, 0.25) is 0 Å². The minimum Gasteiger partial charge on any atom is -0.465 e. The number of fused-ring (bicyclic) bond motifs is 1. The first kappa shape index (κ1) is 18.6. The Morgan fingerprint density at radius 1 is 1.44 bits per heavy atom. The van der Waals surface area contributed by atoms with Gasteiger partial charge >= 0.3 is 5.97 Å². The van der Waals surface area contributed by atoms with Gasteiger partial charge in [-0.05, 0) is 55.7 Å². The summed E-state index contributed by atoms with van der Waals surface area (Å²) in [5.41, 5.74) is 0.645. The number of carbonyl (C=O) groups is 1. The van der Waals surface area contributed by atoms with Crippen LogP contribution in [0.5, 0.6) is 0 Å². The Morgan fingerprint density at radius 3 is 3.00 bits per heavy atom. The third-order valence-electron chi connectivity index (χ3n) is 4.37. The number of carbonyl (C=O) groups excluding carboxylic acids is 1. The first-order valence-electron chi connectivity index (χ1n) is 8.30. The zero-order chi connectivity index (χ0) is 18.0. The molecule has 2 aliphatic heterocycles. The van der Waals surface area contributed by atoms with Crippen molar-refractivity contribution in [3.05, 3.63) is 29.6 Å². The number of hydrogen-bond acceptors (Lipinski definition) is 5. The van der Waals surface area contributed by atoms with E-state index in [1.165, 1.54) is 16.4 Å². The van der Waals surface area contributed by atoms with Crippen LogP contribution in [-0.2, 0) is 19.7 Å². The Bertz CT molecular complexity index is 757. The number of benzene rings is 1. The number of halogens is 1. The number of nitrogens with one attached hydrogen (secondary N) is 1. The summed E-state index contributed by atoms with van der Waals surface area (Å²) in [7, 11) is -3.88. The molecule has 0 bridgehead atoms. The number of ether oxygens (including phenoxy) is 1. The van der Waals surface area contributed by atoms with Gasteiger partial charge in [-0.25, -0.2) is 4.39 Å². The van der Waals surface area contributed by atoms with Gasteiger partial charge in [0.05, 0.1) is 6.61 Å². The van der Waals surface area contributed by atoms with Crippen molar-refractivity contribution in [2.75, 3.05) is 18.9 Å². The van der Waals surface area contributed by atoms with E-state index in [1.807, 2.05) is 0 Å². The third kappa shape index (κ3) is 3.99. The average Bonchev–Trinajstić information content (AvgIpc) is 3.06. The molecule has 138 valence electrons. The Hall–Kier alpha value is -1.16. The summed E-state index contributed by atoms with van der Waals surface area (Å²) in [6, 6.07) is 3.14. The Labute approximate surface area is 151 Å². The van der Waals surface area contributed by atoms with Gasteiger partial charge in [-0.3, -0.25) is 4.79 Å². The number of esters is 1. The maximum atomic E-state index is 13.6. The highest BCUT2D eigenvalue weighted by Crippen LogP contribution is 2.37. The minimum absolute atomic E-state index is 0.211. The van der Waals surface area contributed by atoms with Crippen LogP contribution in [-0.4, -0.2) is 43.6 Å². The molecule has 3 rings (SSSR count). The summed E-state index contributed by atoms with van der Waals surface area (Å²) < 4.78 is 48.1. The summed E-state index contributed by atoms with van der Waals surface area (Å²) in [5.74, 6) is -0.167. The molecule has 0 spiro atoms. The van der Waals surface area contributed by atoms with Gasteiger partial charge in [-0.1, -0.05) is 0 Å². The van der Waals surface area contributed by atoms with Gasteiger partial charge in [0.15, 0.2) is 0 Å². The van der Waals surface area contributed by atoms with E-state index in [9.17, 15) is 17.6 Å². The van der Waals surface area contributed by atoms with Gasteiger partial charge < -0.3 is 4.74 Å². The molecular formula is C16H21FN2O4S2. The van der Waals surface area contributed by atoms with E-state index in [2.05, 4.69) is 4.72 Å². The third-order valence-corrected chi connectivity index (χ3v) is 7.13.